The Hall–Kier alpha value is -2.20. The summed E-state index contributed by atoms with van der Waals surface area (Å²) >= 11 is 0. The standard InChI is InChI=1S/C20H23NO2Si/c1-3-12-24(13-15-8-5-4-6-9-15)14(2)16-10-7-11-17-18(16)20(23)21-19(17)22/h4-11,14,24H,3,12-13H2,1-2H3,(H,21,22,23). The first-order valence-electron chi connectivity index (χ1n) is 8.64. The maximum Gasteiger partial charge on any atom is 0.259 e. The van der Waals surface area contributed by atoms with Crippen LogP contribution in [0.3, 0.4) is 0 Å². The molecule has 3 rings (SSSR count). The Bertz CT molecular complexity index is 757. The van der Waals surface area contributed by atoms with Crippen LogP contribution in [-0.2, 0) is 6.04 Å². The highest BCUT2D eigenvalue weighted by molar-refractivity contribution is 6.60. The molecule has 2 aromatic carbocycles. The third-order valence-electron chi connectivity index (χ3n) is 4.99. The van der Waals surface area contributed by atoms with Crippen molar-refractivity contribution >= 4 is 20.6 Å². The number of rotatable bonds is 6. The van der Waals surface area contributed by atoms with Gasteiger partial charge in [-0.15, -0.1) is 0 Å². The number of carbonyl (C=O) groups is 2. The second-order valence-electron chi connectivity index (χ2n) is 6.58. The van der Waals surface area contributed by atoms with Crippen LogP contribution in [0.4, 0.5) is 0 Å². The Balaban J connectivity index is 1.93. The number of imide groups is 1. The minimum absolute atomic E-state index is 0.235. The van der Waals surface area contributed by atoms with Crippen molar-refractivity contribution in [2.45, 2.75) is 37.9 Å². The molecule has 0 saturated heterocycles. The smallest absolute Gasteiger partial charge is 0.259 e. The molecule has 1 aliphatic heterocycles. The van der Waals surface area contributed by atoms with Crippen LogP contribution in [0, 0.1) is 0 Å². The van der Waals surface area contributed by atoms with E-state index in [0.717, 1.165) is 18.0 Å². The zero-order valence-corrected chi connectivity index (χ0v) is 15.4. The molecule has 1 heterocycles. The van der Waals surface area contributed by atoms with Gasteiger partial charge in [0.2, 0.25) is 0 Å². The molecule has 2 aromatic rings. The van der Waals surface area contributed by atoms with E-state index in [-0.39, 0.29) is 11.8 Å². The van der Waals surface area contributed by atoms with Gasteiger partial charge in [-0.05, 0) is 23.2 Å². The normalized spacial score (nSPS) is 15.8. The van der Waals surface area contributed by atoms with Crippen LogP contribution in [0.2, 0.25) is 6.04 Å². The minimum Gasteiger partial charge on any atom is -0.288 e. The molecule has 24 heavy (non-hydrogen) atoms. The van der Waals surface area contributed by atoms with Gasteiger partial charge in [0, 0.05) is 8.80 Å². The highest BCUT2D eigenvalue weighted by Crippen LogP contribution is 2.30. The largest absolute Gasteiger partial charge is 0.288 e. The van der Waals surface area contributed by atoms with Gasteiger partial charge in [0.05, 0.1) is 11.1 Å². The molecule has 124 valence electrons. The fraction of sp³-hybridized carbons (Fsp3) is 0.300. The van der Waals surface area contributed by atoms with Gasteiger partial charge in [0.15, 0.2) is 0 Å². The third kappa shape index (κ3) is 3.19. The Labute approximate surface area is 144 Å². The van der Waals surface area contributed by atoms with E-state index in [4.69, 9.17) is 0 Å². The molecule has 4 heteroatoms. The maximum atomic E-state index is 12.2. The van der Waals surface area contributed by atoms with Crippen LogP contribution < -0.4 is 5.32 Å². The fourth-order valence-electron chi connectivity index (χ4n) is 3.70. The summed E-state index contributed by atoms with van der Waals surface area (Å²) < 4.78 is 0. The predicted molar refractivity (Wildman–Crippen MR) is 99.0 cm³/mol. The van der Waals surface area contributed by atoms with Crippen LogP contribution >= 0.6 is 0 Å². The van der Waals surface area contributed by atoms with Crippen molar-refractivity contribution in [1.29, 1.82) is 0 Å². The van der Waals surface area contributed by atoms with Crippen molar-refractivity contribution in [2.24, 2.45) is 0 Å². The SMILES string of the molecule is CCC[SiH](Cc1ccccc1)C(C)c1cccc2c1C(=O)NC2=O. The average Bonchev–Trinajstić information content (AvgIpc) is 2.89. The highest BCUT2D eigenvalue weighted by atomic mass is 28.3. The molecule has 0 fully saturated rings. The lowest BCUT2D eigenvalue weighted by atomic mass is 10.0. The molecule has 2 atom stereocenters. The number of carbonyl (C=O) groups excluding carboxylic acids is 2. The zero-order chi connectivity index (χ0) is 17.1. The molecule has 0 bridgehead atoms. The zero-order valence-electron chi connectivity index (χ0n) is 14.2. The molecular weight excluding hydrogens is 314 g/mol. The summed E-state index contributed by atoms with van der Waals surface area (Å²) in [4.78, 5) is 24.1. The summed E-state index contributed by atoms with van der Waals surface area (Å²) in [6.45, 7) is 4.46. The molecule has 0 spiro atoms. The third-order valence-corrected chi connectivity index (χ3v) is 9.08. The van der Waals surface area contributed by atoms with E-state index in [1.165, 1.54) is 11.6 Å². The highest BCUT2D eigenvalue weighted by Gasteiger charge is 2.32. The maximum absolute atomic E-state index is 12.2. The number of benzene rings is 2. The lowest BCUT2D eigenvalue weighted by molar-refractivity contribution is 0.0879. The Morgan fingerprint density at radius 2 is 1.75 bits per heavy atom. The lowest BCUT2D eigenvalue weighted by Crippen LogP contribution is -2.27. The van der Waals surface area contributed by atoms with Gasteiger partial charge in [0.25, 0.3) is 11.8 Å². The topological polar surface area (TPSA) is 46.2 Å². The first-order valence-corrected chi connectivity index (χ1v) is 10.9. The summed E-state index contributed by atoms with van der Waals surface area (Å²) in [7, 11) is -1.15. The second kappa shape index (κ2) is 7.14. The molecule has 1 aliphatic rings. The molecule has 2 amide bonds. The van der Waals surface area contributed by atoms with Crippen LogP contribution in [0.5, 0.6) is 0 Å². The van der Waals surface area contributed by atoms with Gasteiger partial charge in [-0.25, -0.2) is 0 Å². The van der Waals surface area contributed by atoms with E-state index in [2.05, 4.69) is 43.4 Å². The summed E-state index contributed by atoms with van der Waals surface area (Å²) in [5, 5.41) is 2.44. The number of hydrogen-bond donors (Lipinski definition) is 1. The van der Waals surface area contributed by atoms with Crippen LogP contribution in [0.1, 0.15) is 57.7 Å². The van der Waals surface area contributed by atoms with Crippen molar-refractivity contribution in [3.63, 3.8) is 0 Å². The second-order valence-corrected chi connectivity index (χ2v) is 10.1. The van der Waals surface area contributed by atoms with E-state index >= 15 is 0 Å². The molecule has 0 aliphatic carbocycles. The van der Waals surface area contributed by atoms with Gasteiger partial charge in [0.1, 0.15) is 0 Å². The van der Waals surface area contributed by atoms with Gasteiger partial charge >= 0.3 is 0 Å². The Morgan fingerprint density at radius 3 is 2.46 bits per heavy atom. The Kier molecular flexibility index (Phi) is 4.95. The minimum atomic E-state index is -1.15. The van der Waals surface area contributed by atoms with Crippen molar-refractivity contribution in [3.05, 3.63) is 70.8 Å². The van der Waals surface area contributed by atoms with Gasteiger partial charge in [-0.2, -0.15) is 0 Å². The summed E-state index contributed by atoms with van der Waals surface area (Å²) in [6, 6.07) is 18.6. The van der Waals surface area contributed by atoms with Crippen LogP contribution in [0.25, 0.3) is 0 Å². The van der Waals surface area contributed by atoms with Crippen molar-refractivity contribution in [1.82, 2.24) is 5.32 Å². The summed E-state index contributed by atoms with van der Waals surface area (Å²) in [5.74, 6) is -0.498. The van der Waals surface area contributed by atoms with Gasteiger partial charge in [-0.3, -0.25) is 14.9 Å². The molecule has 0 aromatic heterocycles. The van der Waals surface area contributed by atoms with E-state index in [1.807, 2.05) is 18.2 Å². The number of amides is 2. The molecule has 0 saturated carbocycles. The van der Waals surface area contributed by atoms with E-state index in [1.54, 1.807) is 6.07 Å². The molecule has 3 nitrogen and oxygen atoms in total. The van der Waals surface area contributed by atoms with Crippen LogP contribution in [0.15, 0.2) is 48.5 Å². The van der Waals surface area contributed by atoms with E-state index < -0.39 is 8.80 Å². The predicted octanol–water partition coefficient (Wildman–Crippen LogP) is 3.63. The molecular formula is C20H23NO2Si. The average molecular weight is 337 g/mol. The first kappa shape index (κ1) is 16.6. The summed E-state index contributed by atoms with van der Waals surface area (Å²) in [5.41, 5.74) is 3.93. The molecule has 0 radical (unpaired) electrons. The van der Waals surface area contributed by atoms with Crippen molar-refractivity contribution in [3.8, 4) is 0 Å². The molecule has 1 N–H and O–H groups in total. The van der Waals surface area contributed by atoms with Crippen LogP contribution in [-0.4, -0.2) is 20.6 Å². The van der Waals surface area contributed by atoms with Gasteiger partial charge < -0.3 is 0 Å². The molecule has 2 unspecified atom stereocenters. The monoisotopic (exact) mass is 337 g/mol. The number of nitrogens with one attached hydrogen (secondary N) is 1. The quantitative estimate of drug-likeness (QED) is 0.646. The van der Waals surface area contributed by atoms with E-state index in [9.17, 15) is 9.59 Å². The number of hydrogen-bond acceptors (Lipinski definition) is 2. The Morgan fingerprint density at radius 1 is 1.00 bits per heavy atom. The van der Waals surface area contributed by atoms with E-state index in [0.29, 0.717) is 16.7 Å². The summed E-state index contributed by atoms with van der Waals surface area (Å²) in [6.07, 6.45) is 1.16. The van der Waals surface area contributed by atoms with Gasteiger partial charge in [-0.1, -0.05) is 74.3 Å². The van der Waals surface area contributed by atoms with Crippen molar-refractivity contribution in [2.75, 3.05) is 0 Å². The van der Waals surface area contributed by atoms with Crippen molar-refractivity contribution < 1.29 is 9.59 Å². The fourth-order valence-corrected chi connectivity index (χ4v) is 7.16. The number of fused-ring (bicyclic) bond motifs is 1. The first-order chi connectivity index (χ1) is 11.6. The lowest BCUT2D eigenvalue weighted by Gasteiger charge is -2.24.